The summed E-state index contributed by atoms with van der Waals surface area (Å²) in [6, 6.07) is 31.7. The van der Waals surface area contributed by atoms with Gasteiger partial charge in [0.1, 0.15) is 0 Å². The first kappa shape index (κ1) is 21.4. The van der Waals surface area contributed by atoms with Gasteiger partial charge in [0.25, 0.3) is 0 Å². The standard InChI is InChI=1S/2C14H8Cl2/c2*15-13-9-5-1-2-6-10(9)14(16)12-8-4-3-7-11(12)13/h2*1-8H. The van der Waals surface area contributed by atoms with Crippen molar-refractivity contribution in [1.82, 2.24) is 0 Å². The van der Waals surface area contributed by atoms with Gasteiger partial charge >= 0.3 is 0 Å². The van der Waals surface area contributed by atoms with Crippen LogP contribution in [-0.4, -0.2) is 0 Å². The van der Waals surface area contributed by atoms with Gasteiger partial charge in [0.15, 0.2) is 0 Å². The molecule has 0 bridgehead atoms. The van der Waals surface area contributed by atoms with Crippen molar-refractivity contribution in [2.24, 2.45) is 0 Å². The Hall–Kier alpha value is -2.48. The van der Waals surface area contributed by atoms with Gasteiger partial charge in [0, 0.05) is 43.1 Å². The summed E-state index contributed by atoms with van der Waals surface area (Å²) in [5.41, 5.74) is 0. The molecule has 0 heterocycles. The molecule has 0 aliphatic carbocycles. The summed E-state index contributed by atoms with van der Waals surface area (Å²) < 4.78 is 0. The van der Waals surface area contributed by atoms with Crippen LogP contribution in [0.1, 0.15) is 0 Å². The molecular weight excluding hydrogens is 478 g/mol. The van der Waals surface area contributed by atoms with Crippen molar-refractivity contribution in [2.75, 3.05) is 0 Å². The second kappa shape index (κ2) is 8.81. The molecule has 32 heavy (non-hydrogen) atoms. The topological polar surface area (TPSA) is 0 Å². The molecule has 0 nitrogen and oxygen atoms in total. The summed E-state index contributed by atoms with van der Waals surface area (Å²) >= 11 is 25.6. The number of fused-ring (bicyclic) bond motifs is 4. The third kappa shape index (κ3) is 3.58. The van der Waals surface area contributed by atoms with Crippen LogP contribution < -0.4 is 0 Å². The van der Waals surface area contributed by atoms with Crippen molar-refractivity contribution in [3.8, 4) is 0 Å². The Bertz CT molecular complexity index is 1260. The van der Waals surface area contributed by atoms with E-state index in [-0.39, 0.29) is 0 Å². The van der Waals surface area contributed by atoms with E-state index in [1.165, 1.54) is 0 Å². The van der Waals surface area contributed by atoms with Crippen molar-refractivity contribution in [3.63, 3.8) is 0 Å². The molecule has 4 heteroatoms. The molecule has 0 atom stereocenters. The smallest absolute Gasteiger partial charge is 0.0563 e. The Kier molecular flexibility index (Phi) is 5.88. The molecule has 0 saturated carbocycles. The fourth-order valence-corrected chi connectivity index (χ4v) is 5.36. The van der Waals surface area contributed by atoms with Crippen molar-refractivity contribution >= 4 is 89.5 Å². The monoisotopic (exact) mass is 492 g/mol. The molecule has 0 radical (unpaired) electrons. The molecule has 0 aromatic heterocycles. The van der Waals surface area contributed by atoms with Gasteiger partial charge in [-0.1, -0.05) is 143 Å². The molecule has 0 saturated heterocycles. The fourth-order valence-electron chi connectivity index (χ4n) is 4.04. The SMILES string of the molecule is Clc1c2ccccc2c(Cl)c2ccccc12.Clc1c2ccccc2c(Cl)c2ccccc12. The third-order valence-corrected chi connectivity index (χ3v) is 7.23. The van der Waals surface area contributed by atoms with Crippen molar-refractivity contribution in [3.05, 3.63) is 117 Å². The predicted octanol–water partition coefficient (Wildman–Crippen LogP) is 10.6. The summed E-state index contributed by atoms with van der Waals surface area (Å²) in [6.45, 7) is 0. The van der Waals surface area contributed by atoms with E-state index < -0.39 is 0 Å². The van der Waals surface area contributed by atoms with Gasteiger partial charge in [-0.2, -0.15) is 0 Å². The fraction of sp³-hybridized carbons (Fsp3) is 0. The first-order chi connectivity index (χ1) is 15.6. The van der Waals surface area contributed by atoms with E-state index in [1.54, 1.807) is 0 Å². The normalized spacial score (nSPS) is 11.1. The number of hydrogen-bond donors (Lipinski definition) is 0. The molecule has 156 valence electrons. The second-order valence-corrected chi connectivity index (χ2v) is 8.95. The Morgan fingerprint density at radius 2 is 0.375 bits per heavy atom. The third-order valence-electron chi connectivity index (χ3n) is 5.60. The first-order valence-electron chi connectivity index (χ1n) is 10.1. The Balaban J connectivity index is 0.000000135. The van der Waals surface area contributed by atoms with Gasteiger partial charge < -0.3 is 0 Å². The lowest BCUT2D eigenvalue weighted by atomic mass is 10.0. The van der Waals surface area contributed by atoms with Crippen LogP contribution in [0, 0.1) is 0 Å². The van der Waals surface area contributed by atoms with Gasteiger partial charge in [0.05, 0.1) is 20.1 Å². The predicted molar refractivity (Wildman–Crippen MR) is 143 cm³/mol. The lowest BCUT2D eigenvalue weighted by Gasteiger charge is -2.08. The van der Waals surface area contributed by atoms with Gasteiger partial charge in [-0.15, -0.1) is 0 Å². The van der Waals surface area contributed by atoms with Crippen LogP contribution in [-0.2, 0) is 0 Å². The Morgan fingerprint density at radius 1 is 0.250 bits per heavy atom. The molecule has 0 aliphatic rings. The highest BCUT2D eigenvalue weighted by atomic mass is 35.5. The van der Waals surface area contributed by atoms with Crippen LogP contribution >= 0.6 is 46.4 Å². The maximum atomic E-state index is 6.39. The number of benzene rings is 6. The lowest BCUT2D eigenvalue weighted by molar-refractivity contribution is 1.76. The maximum absolute atomic E-state index is 6.39. The quantitative estimate of drug-likeness (QED) is 0.184. The van der Waals surface area contributed by atoms with Crippen LogP contribution in [0.5, 0.6) is 0 Å². The zero-order valence-electron chi connectivity index (χ0n) is 16.7. The van der Waals surface area contributed by atoms with Crippen LogP contribution in [0.3, 0.4) is 0 Å². The minimum Gasteiger partial charge on any atom is -0.0830 e. The van der Waals surface area contributed by atoms with E-state index in [0.717, 1.165) is 63.2 Å². The number of rotatable bonds is 0. The van der Waals surface area contributed by atoms with Crippen molar-refractivity contribution in [2.45, 2.75) is 0 Å². The minimum absolute atomic E-state index is 0.774. The van der Waals surface area contributed by atoms with E-state index in [0.29, 0.717) is 0 Å². The maximum Gasteiger partial charge on any atom is 0.0563 e. The van der Waals surface area contributed by atoms with Crippen LogP contribution in [0.15, 0.2) is 97.1 Å². The minimum atomic E-state index is 0.774. The van der Waals surface area contributed by atoms with E-state index in [4.69, 9.17) is 46.4 Å². The largest absolute Gasteiger partial charge is 0.0830 e. The summed E-state index contributed by atoms with van der Waals surface area (Å²) in [7, 11) is 0. The molecule has 6 rings (SSSR count). The summed E-state index contributed by atoms with van der Waals surface area (Å²) in [6.07, 6.45) is 0. The van der Waals surface area contributed by atoms with E-state index >= 15 is 0 Å². The van der Waals surface area contributed by atoms with Gasteiger partial charge in [-0.25, -0.2) is 0 Å². The molecule has 0 spiro atoms. The van der Waals surface area contributed by atoms with Gasteiger partial charge in [-0.3, -0.25) is 0 Å². The molecule has 0 amide bonds. The Morgan fingerprint density at radius 3 is 0.500 bits per heavy atom. The van der Waals surface area contributed by atoms with Gasteiger partial charge in [0.2, 0.25) is 0 Å². The molecule has 6 aromatic carbocycles. The summed E-state index contributed by atoms with van der Waals surface area (Å²) in [5.74, 6) is 0. The number of hydrogen-bond acceptors (Lipinski definition) is 0. The van der Waals surface area contributed by atoms with Crippen LogP contribution in [0.2, 0.25) is 20.1 Å². The first-order valence-corrected chi connectivity index (χ1v) is 11.6. The summed E-state index contributed by atoms with van der Waals surface area (Å²) in [4.78, 5) is 0. The molecule has 0 fully saturated rings. The zero-order valence-corrected chi connectivity index (χ0v) is 19.8. The lowest BCUT2D eigenvalue weighted by Crippen LogP contribution is -1.81. The van der Waals surface area contributed by atoms with Crippen LogP contribution in [0.4, 0.5) is 0 Å². The van der Waals surface area contributed by atoms with E-state index in [2.05, 4.69) is 0 Å². The highest BCUT2D eigenvalue weighted by molar-refractivity contribution is 6.48. The highest BCUT2D eigenvalue weighted by Crippen LogP contribution is 2.39. The van der Waals surface area contributed by atoms with Gasteiger partial charge in [-0.05, 0) is 0 Å². The molecule has 0 unspecified atom stereocenters. The highest BCUT2D eigenvalue weighted by Gasteiger charge is 2.10. The molecule has 6 aromatic rings. The Labute approximate surface area is 205 Å². The summed E-state index contributed by atoms with van der Waals surface area (Å²) in [5, 5.41) is 11.2. The van der Waals surface area contributed by atoms with E-state index in [1.807, 2.05) is 97.1 Å². The zero-order chi connectivity index (χ0) is 22.2. The average molecular weight is 494 g/mol. The van der Waals surface area contributed by atoms with Crippen LogP contribution in [0.25, 0.3) is 43.1 Å². The second-order valence-electron chi connectivity index (χ2n) is 7.44. The average Bonchev–Trinajstić information content (AvgIpc) is 2.86. The van der Waals surface area contributed by atoms with Crippen molar-refractivity contribution in [1.29, 1.82) is 0 Å². The molecule has 0 aliphatic heterocycles. The van der Waals surface area contributed by atoms with Crippen molar-refractivity contribution < 1.29 is 0 Å². The van der Waals surface area contributed by atoms with E-state index in [9.17, 15) is 0 Å². The number of halogens is 4. The molecule has 0 N–H and O–H groups in total. The molecular formula is C28H16Cl4.